The molecule has 4 heteroatoms. The summed E-state index contributed by atoms with van der Waals surface area (Å²) in [5, 5.41) is 3.14. The van der Waals surface area contributed by atoms with Gasteiger partial charge in [-0.25, -0.2) is 0 Å². The molecule has 1 heterocycles. The highest BCUT2D eigenvalue weighted by Gasteiger charge is 2.28. The maximum absolute atomic E-state index is 12.5. The van der Waals surface area contributed by atoms with E-state index < -0.39 is 0 Å². The Labute approximate surface area is 125 Å². The lowest BCUT2D eigenvalue weighted by Gasteiger charge is -2.17. The molecule has 21 heavy (non-hydrogen) atoms. The fourth-order valence-corrected chi connectivity index (χ4v) is 3.43. The quantitative estimate of drug-likeness (QED) is 0.928. The number of nitrogens with one attached hydrogen (secondary N) is 1. The average Bonchev–Trinajstić information content (AvgIpc) is 3.14. The van der Waals surface area contributed by atoms with E-state index in [1.54, 1.807) is 0 Å². The molecule has 3 rings (SSSR count). The number of hydrogen-bond donors (Lipinski definition) is 1. The molecule has 0 bridgehead atoms. The normalized spacial score (nSPS) is 17.9. The molecule has 0 atom stereocenters. The minimum Gasteiger partial charge on any atom is -0.349 e. The first-order valence-corrected chi connectivity index (χ1v) is 7.94. The summed E-state index contributed by atoms with van der Waals surface area (Å²) < 4.78 is 0. The Kier molecular flexibility index (Phi) is 3.95. The van der Waals surface area contributed by atoms with E-state index >= 15 is 0 Å². The molecular formula is C17H22N2O2. The van der Waals surface area contributed by atoms with E-state index in [0.717, 1.165) is 36.1 Å². The van der Waals surface area contributed by atoms with E-state index in [4.69, 9.17) is 0 Å². The smallest absolute Gasteiger partial charge is 0.251 e. The largest absolute Gasteiger partial charge is 0.349 e. The summed E-state index contributed by atoms with van der Waals surface area (Å²) in [6, 6.07) is 6.03. The molecule has 1 fully saturated rings. The standard InChI is InChI=1S/C17H22N2O2/c1-2-16(20)19-11-10-13-14(8-5-9-15(13)19)17(21)18-12-6-3-4-7-12/h5,8-9,12H,2-4,6-7,10-11H2,1H3,(H,18,21). The molecule has 4 nitrogen and oxygen atoms in total. The highest BCUT2D eigenvalue weighted by molar-refractivity contribution is 6.01. The Hall–Kier alpha value is -1.84. The first kappa shape index (κ1) is 14.1. The Balaban J connectivity index is 1.82. The van der Waals surface area contributed by atoms with Crippen molar-refractivity contribution in [1.82, 2.24) is 5.32 Å². The molecule has 0 saturated heterocycles. The fourth-order valence-electron chi connectivity index (χ4n) is 3.43. The van der Waals surface area contributed by atoms with Crippen molar-refractivity contribution in [3.8, 4) is 0 Å². The van der Waals surface area contributed by atoms with Crippen LogP contribution in [-0.2, 0) is 11.2 Å². The Morgan fingerprint density at radius 1 is 1.29 bits per heavy atom. The number of hydrogen-bond acceptors (Lipinski definition) is 2. The highest BCUT2D eigenvalue weighted by atomic mass is 16.2. The van der Waals surface area contributed by atoms with Crippen LogP contribution in [0.1, 0.15) is 54.9 Å². The molecular weight excluding hydrogens is 264 g/mol. The van der Waals surface area contributed by atoms with Crippen molar-refractivity contribution in [3.63, 3.8) is 0 Å². The molecule has 1 aromatic carbocycles. The molecule has 0 aromatic heterocycles. The Bertz CT molecular complexity index is 562. The third-order valence-electron chi connectivity index (χ3n) is 4.57. The molecule has 112 valence electrons. The number of carbonyl (C=O) groups excluding carboxylic acids is 2. The molecule has 1 saturated carbocycles. The van der Waals surface area contributed by atoms with Crippen LogP contribution in [0.15, 0.2) is 18.2 Å². The minimum atomic E-state index is 0.0181. The maximum Gasteiger partial charge on any atom is 0.251 e. The van der Waals surface area contributed by atoms with Crippen LogP contribution in [0.2, 0.25) is 0 Å². The number of anilines is 1. The molecule has 0 unspecified atom stereocenters. The van der Waals surface area contributed by atoms with Gasteiger partial charge in [-0.05, 0) is 37.0 Å². The van der Waals surface area contributed by atoms with Crippen molar-refractivity contribution in [2.45, 2.75) is 51.5 Å². The van der Waals surface area contributed by atoms with Crippen LogP contribution >= 0.6 is 0 Å². The first-order valence-electron chi connectivity index (χ1n) is 7.94. The van der Waals surface area contributed by atoms with Crippen LogP contribution in [0.25, 0.3) is 0 Å². The van der Waals surface area contributed by atoms with Gasteiger partial charge in [0.05, 0.1) is 0 Å². The predicted octanol–water partition coefficient (Wildman–Crippen LogP) is 2.66. The van der Waals surface area contributed by atoms with Crippen molar-refractivity contribution in [3.05, 3.63) is 29.3 Å². The third-order valence-corrected chi connectivity index (χ3v) is 4.57. The zero-order valence-electron chi connectivity index (χ0n) is 12.5. The lowest BCUT2D eigenvalue weighted by Crippen LogP contribution is -2.33. The van der Waals surface area contributed by atoms with Crippen molar-refractivity contribution in [2.75, 3.05) is 11.4 Å². The number of fused-ring (bicyclic) bond motifs is 1. The molecule has 1 aliphatic carbocycles. The van der Waals surface area contributed by atoms with Crippen LogP contribution in [0, 0.1) is 0 Å². The molecule has 1 N–H and O–H groups in total. The van der Waals surface area contributed by atoms with E-state index in [9.17, 15) is 9.59 Å². The molecule has 0 spiro atoms. The second-order valence-electron chi connectivity index (χ2n) is 5.91. The van der Waals surface area contributed by atoms with Gasteiger partial charge in [-0.3, -0.25) is 9.59 Å². The van der Waals surface area contributed by atoms with E-state index in [1.807, 2.05) is 30.0 Å². The van der Waals surface area contributed by atoms with Gasteiger partial charge in [0.1, 0.15) is 0 Å². The summed E-state index contributed by atoms with van der Waals surface area (Å²) in [4.78, 5) is 26.3. The number of carbonyl (C=O) groups is 2. The highest BCUT2D eigenvalue weighted by Crippen LogP contribution is 2.31. The van der Waals surface area contributed by atoms with Crippen molar-refractivity contribution < 1.29 is 9.59 Å². The van der Waals surface area contributed by atoms with Gasteiger partial charge >= 0.3 is 0 Å². The van der Waals surface area contributed by atoms with Crippen LogP contribution in [0.4, 0.5) is 5.69 Å². The fraction of sp³-hybridized carbons (Fsp3) is 0.529. The van der Waals surface area contributed by atoms with Crippen LogP contribution in [0.5, 0.6) is 0 Å². The SMILES string of the molecule is CCC(=O)N1CCc2c(C(=O)NC3CCCC3)cccc21. The minimum absolute atomic E-state index is 0.0181. The first-order chi connectivity index (χ1) is 10.2. The number of amides is 2. The van der Waals surface area contributed by atoms with Crippen LogP contribution in [-0.4, -0.2) is 24.4 Å². The second kappa shape index (κ2) is 5.88. The van der Waals surface area contributed by atoms with E-state index in [2.05, 4.69) is 5.32 Å². The van der Waals surface area contributed by atoms with Gasteiger partial charge in [0.2, 0.25) is 5.91 Å². The Morgan fingerprint density at radius 3 is 2.76 bits per heavy atom. The van der Waals surface area contributed by atoms with Gasteiger partial charge in [-0.2, -0.15) is 0 Å². The Morgan fingerprint density at radius 2 is 2.05 bits per heavy atom. The summed E-state index contributed by atoms with van der Waals surface area (Å²) in [6.07, 6.45) is 5.85. The summed E-state index contributed by atoms with van der Waals surface area (Å²) in [5.74, 6) is 0.145. The van der Waals surface area contributed by atoms with Gasteiger partial charge in [0.25, 0.3) is 5.91 Å². The van der Waals surface area contributed by atoms with Gasteiger partial charge in [0.15, 0.2) is 0 Å². The zero-order valence-corrected chi connectivity index (χ0v) is 12.5. The molecule has 1 aliphatic heterocycles. The topological polar surface area (TPSA) is 49.4 Å². The summed E-state index contributed by atoms with van der Waals surface area (Å²) in [5.41, 5.74) is 2.68. The van der Waals surface area contributed by atoms with E-state index in [0.29, 0.717) is 19.0 Å². The summed E-state index contributed by atoms with van der Waals surface area (Å²) in [6.45, 7) is 2.56. The molecule has 2 amide bonds. The van der Waals surface area contributed by atoms with E-state index in [1.165, 1.54) is 12.8 Å². The third kappa shape index (κ3) is 2.67. The lowest BCUT2D eigenvalue weighted by atomic mass is 10.0. The van der Waals surface area contributed by atoms with Crippen molar-refractivity contribution in [2.24, 2.45) is 0 Å². The van der Waals surface area contributed by atoms with Crippen molar-refractivity contribution in [1.29, 1.82) is 0 Å². The van der Waals surface area contributed by atoms with Crippen LogP contribution < -0.4 is 10.2 Å². The van der Waals surface area contributed by atoms with Gasteiger partial charge in [-0.15, -0.1) is 0 Å². The van der Waals surface area contributed by atoms with Gasteiger partial charge < -0.3 is 10.2 Å². The predicted molar refractivity (Wildman–Crippen MR) is 82.5 cm³/mol. The van der Waals surface area contributed by atoms with Crippen molar-refractivity contribution >= 4 is 17.5 Å². The maximum atomic E-state index is 12.5. The van der Waals surface area contributed by atoms with Gasteiger partial charge in [0, 0.05) is 30.3 Å². The lowest BCUT2D eigenvalue weighted by molar-refractivity contribution is -0.118. The number of rotatable bonds is 3. The van der Waals surface area contributed by atoms with Gasteiger partial charge in [-0.1, -0.05) is 25.8 Å². The summed E-state index contributed by atoms with van der Waals surface area (Å²) in [7, 11) is 0. The molecule has 1 aromatic rings. The second-order valence-corrected chi connectivity index (χ2v) is 5.91. The molecule has 2 aliphatic rings. The number of nitrogens with zero attached hydrogens (tertiary/aromatic N) is 1. The van der Waals surface area contributed by atoms with E-state index in [-0.39, 0.29) is 11.8 Å². The van der Waals surface area contributed by atoms with Crippen LogP contribution in [0.3, 0.4) is 0 Å². The zero-order chi connectivity index (χ0) is 14.8. The average molecular weight is 286 g/mol. The number of benzene rings is 1. The monoisotopic (exact) mass is 286 g/mol. The molecule has 0 radical (unpaired) electrons. The summed E-state index contributed by atoms with van der Waals surface area (Å²) >= 11 is 0.